The van der Waals surface area contributed by atoms with Crippen molar-refractivity contribution in [2.24, 2.45) is 10.4 Å². The fourth-order valence-electron chi connectivity index (χ4n) is 0.403. The molecule has 2 nitrogen and oxygen atoms in total. The van der Waals surface area contributed by atoms with Crippen molar-refractivity contribution in [2.75, 3.05) is 6.54 Å². The molecule has 0 aromatic carbocycles. The van der Waals surface area contributed by atoms with Gasteiger partial charge in [-0.1, -0.05) is 33.0 Å². The molecule has 0 amide bonds. The first-order valence-corrected chi connectivity index (χ1v) is 3.71. The number of nitrogens with zero attached hydrogens (tertiary/aromatic N) is 1. The van der Waals surface area contributed by atoms with Crippen LogP contribution in [0.5, 0.6) is 0 Å². The minimum absolute atomic E-state index is 0.264. The van der Waals surface area contributed by atoms with Crippen LogP contribution in [-0.4, -0.2) is 18.4 Å². The predicted octanol–water partition coefficient (Wildman–Crippen LogP) is 1.61. The molecule has 0 rings (SSSR count). The minimum Gasteiger partial charge on any atom is -0.344 e. The average molecular weight is 158 g/mol. The first kappa shape index (κ1) is 9.56. The molecule has 0 spiro atoms. The van der Waals surface area contributed by atoms with E-state index < -0.39 is 0 Å². The summed E-state index contributed by atoms with van der Waals surface area (Å²) in [5.74, 6) is 0. The van der Waals surface area contributed by atoms with E-state index in [1.54, 1.807) is 6.34 Å². The molecule has 10 heavy (non-hydrogen) atoms. The smallest absolute Gasteiger partial charge is 0.0869 e. The van der Waals surface area contributed by atoms with Gasteiger partial charge in [0, 0.05) is 6.54 Å². The molecule has 1 N–H and O–H groups in total. The van der Waals surface area contributed by atoms with Gasteiger partial charge in [-0.05, 0) is 5.41 Å². The molecule has 0 heterocycles. The SMILES string of the molecule is CC(C)(C)CN=CNC=S. The maximum atomic E-state index is 4.53. The number of hydrogen-bond donors (Lipinski definition) is 1. The highest BCUT2D eigenvalue weighted by molar-refractivity contribution is 7.78. The molecule has 58 valence electrons. The van der Waals surface area contributed by atoms with Gasteiger partial charge in [0.05, 0.1) is 11.8 Å². The Bertz CT molecular complexity index is 124. The third-order valence-corrected chi connectivity index (χ3v) is 0.936. The monoisotopic (exact) mass is 158 g/mol. The molecule has 0 unspecified atom stereocenters. The maximum Gasteiger partial charge on any atom is 0.0869 e. The molecule has 0 saturated heterocycles. The lowest BCUT2D eigenvalue weighted by atomic mass is 9.98. The van der Waals surface area contributed by atoms with Crippen LogP contribution >= 0.6 is 12.2 Å². The highest BCUT2D eigenvalue weighted by Gasteiger charge is 2.06. The number of rotatable bonds is 3. The molecule has 0 saturated carbocycles. The van der Waals surface area contributed by atoms with Gasteiger partial charge >= 0.3 is 0 Å². The quantitative estimate of drug-likeness (QED) is 0.383. The summed E-state index contributed by atoms with van der Waals surface area (Å²) in [6.45, 7) is 7.24. The predicted molar refractivity (Wildman–Crippen MR) is 49.6 cm³/mol. The van der Waals surface area contributed by atoms with Crippen LogP contribution in [0.2, 0.25) is 0 Å². The van der Waals surface area contributed by atoms with Crippen molar-refractivity contribution in [3.8, 4) is 0 Å². The third kappa shape index (κ3) is 7.56. The van der Waals surface area contributed by atoms with Crippen LogP contribution in [0, 0.1) is 5.41 Å². The molecule has 0 aliphatic carbocycles. The van der Waals surface area contributed by atoms with Crippen molar-refractivity contribution in [3.63, 3.8) is 0 Å². The lowest BCUT2D eigenvalue weighted by Crippen LogP contribution is -2.12. The molecular formula is C7H14N2S. The van der Waals surface area contributed by atoms with Crippen LogP contribution in [0.4, 0.5) is 0 Å². The van der Waals surface area contributed by atoms with Crippen molar-refractivity contribution in [2.45, 2.75) is 20.8 Å². The molecule has 0 aromatic heterocycles. The Labute approximate surface area is 67.7 Å². The first-order chi connectivity index (χ1) is 4.56. The fourth-order valence-corrected chi connectivity index (χ4v) is 0.463. The molecule has 0 atom stereocenters. The van der Waals surface area contributed by atoms with Crippen molar-refractivity contribution >= 4 is 24.0 Å². The van der Waals surface area contributed by atoms with Gasteiger partial charge in [0.15, 0.2) is 0 Å². The van der Waals surface area contributed by atoms with Gasteiger partial charge in [-0.15, -0.1) is 0 Å². The number of hydrogen-bond acceptors (Lipinski definition) is 2. The van der Waals surface area contributed by atoms with E-state index in [4.69, 9.17) is 0 Å². The van der Waals surface area contributed by atoms with E-state index in [1.807, 2.05) is 0 Å². The van der Waals surface area contributed by atoms with Gasteiger partial charge in [0.25, 0.3) is 0 Å². The minimum atomic E-state index is 0.264. The van der Waals surface area contributed by atoms with Gasteiger partial charge in [-0.25, -0.2) is 0 Å². The summed E-state index contributed by atoms with van der Waals surface area (Å²) in [5, 5.41) is 2.72. The zero-order valence-corrected chi connectivity index (χ0v) is 7.53. The van der Waals surface area contributed by atoms with Gasteiger partial charge < -0.3 is 5.32 Å². The summed E-state index contributed by atoms with van der Waals surface area (Å²) in [6, 6.07) is 0. The number of aliphatic imine (C=N–C) groups is 1. The van der Waals surface area contributed by atoms with Crippen molar-refractivity contribution in [3.05, 3.63) is 0 Å². The molecule has 0 aliphatic heterocycles. The maximum absolute atomic E-state index is 4.53. The molecule has 0 fully saturated rings. The molecule has 0 aliphatic rings. The lowest BCUT2D eigenvalue weighted by molar-refractivity contribution is 0.430. The fraction of sp³-hybridized carbons (Fsp3) is 0.714. The van der Waals surface area contributed by atoms with E-state index >= 15 is 0 Å². The summed E-state index contributed by atoms with van der Waals surface area (Å²) in [6.07, 6.45) is 1.62. The third-order valence-electron chi connectivity index (χ3n) is 0.799. The molecule has 0 radical (unpaired) electrons. The van der Waals surface area contributed by atoms with E-state index in [1.165, 1.54) is 5.49 Å². The number of thiocarbonyl (C=S) groups is 1. The van der Waals surface area contributed by atoms with Crippen LogP contribution in [0.25, 0.3) is 0 Å². The Kier molecular flexibility index (Phi) is 4.19. The van der Waals surface area contributed by atoms with Gasteiger partial charge in [0.1, 0.15) is 0 Å². The van der Waals surface area contributed by atoms with E-state index in [0.29, 0.717) is 0 Å². The second-order valence-corrected chi connectivity index (χ2v) is 3.55. The van der Waals surface area contributed by atoms with Crippen molar-refractivity contribution < 1.29 is 0 Å². The summed E-state index contributed by atoms with van der Waals surface area (Å²) >= 11 is 4.53. The van der Waals surface area contributed by atoms with Crippen molar-refractivity contribution in [1.82, 2.24) is 5.32 Å². The summed E-state index contributed by atoms with van der Waals surface area (Å²) in [4.78, 5) is 4.10. The van der Waals surface area contributed by atoms with Crippen LogP contribution in [0.3, 0.4) is 0 Å². The van der Waals surface area contributed by atoms with Crippen LogP contribution in [0.15, 0.2) is 4.99 Å². The van der Waals surface area contributed by atoms with Crippen molar-refractivity contribution in [1.29, 1.82) is 0 Å². The Balaban J connectivity index is 3.43. The molecular weight excluding hydrogens is 144 g/mol. The first-order valence-electron chi connectivity index (χ1n) is 3.24. The Morgan fingerprint density at radius 1 is 1.50 bits per heavy atom. The largest absolute Gasteiger partial charge is 0.344 e. The zero-order valence-electron chi connectivity index (χ0n) is 6.72. The standard InChI is InChI=1S/C7H14N2S/c1-7(2,3)4-8-5-9-6-10/h5-6H,4H2,1-3H3,(H,8,9,10). The Morgan fingerprint density at radius 2 is 2.10 bits per heavy atom. The highest BCUT2D eigenvalue weighted by atomic mass is 32.1. The van der Waals surface area contributed by atoms with Crippen LogP contribution < -0.4 is 5.32 Å². The topological polar surface area (TPSA) is 24.4 Å². The second-order valence-electron chi connectivity index (χ2n) is 3.31. The average Bonchev–Trinajstić information content (AvgIpc) is 1.78. The van der Waals surface area contributed by atoms with Gasteiger partial charge in [-0.3, -0.25) is 4.99 Å². The van der Waals surface area contributed by atoms with Gasteiger partial charge in [-0.2, -0.15) is 0 Å². The van der Waals surface area contributed by atoms with E-state index in [9.17, 15) is 0 Å². The van der Waals surface area contributed by atoms with Gasteiger partial charge in [0.2, 0.25) is 0 Å². The second kappa shape index (κ2) is 4.39. The zero-order chi connectivity index (χ0) is 8.04. The Morgan fingerprint density at radius 3 is 2.50 bits per heavy atom. The normalized spacial score (nSPS) is 11.9. The molecule has 0 aromatic rings. The van der Waals surface area contributed by atoms with E-state index in [0.717, 1.165) is 6.54 Å². The number of nitrogens with one attached hydrogen (secondary N) is 1. The Hall–Kier alpha value is -0.440. The summed E-state index contributed by atoms with van der Waals surface area (Å²) in [7, 11) is 0. The van der Waals surface area contributed by atoms with E-state index in [-0.39, 0.29) is 5.41 Å². The van der Waals surface area contributed by atoms with Crippen LogP contribution in [-0.2, 0) is 0 Å². The molecule has 0 bridgehead atoms. The van der Waals surface area contributed by atoms with E-state index in [2.05, 4.69) is 43.3 Å². The summed E-state index contributed by atoms with van der Waals surface area (Å²) in [5.41, 5.74) is 1.70. The van der Waals surface area contributed by atoms with Crippen LogP contribution in [0.1, 0.15) is 20.8 Å². The molecule has 3 heteroatoms. The summed E-state index contributed by atoms with van der Waals surface area (Å²) < 4.78 is 0. The highest BCUT2D eigenvalue weighted by Crippen LogP contribution is 2.11. The lowest BCUT2D eigenvalue weighted by Gasteiger charge is -2.13.